The summed E-state index contributed by atoms with van der Waals surface area (Å²) in [5.74, 6) is -9.08. The normalized spacial score (nSPS) is 13.7. The predicted octanol–water partition coefficient (Wildman–Crippen LogP) is 1.56. The lowest BCUT2D eigenvalue weighted by Crippen LogP contribution is -2.45. The zero-order chi connectivity index (χ0) is 34.4. The highest BCUT2D eigenvalue weighted by Gasteiger charge is 2.23. The summed E-state index contributed by atoms with van der Waals surface area (Å²) in [5, 5.41) is 46.9. The number of pyridine rings is 1. The Morgan fingerprint density at radius 1 is 0.957 bits per heavy atom. The maximum atomic E-state index is 13.7. The van der Waals surface area contributed by atoms with E-state index in [0.29, 0.717) is 12.3 Å². The Labute approximate surface area is 260 Å². The third-order valence-electron chi connectivity index (χ3n) is 6.50. The van der Waals surface area contributed by atoms with Crippen LogP contribution in [0, 0.1) is 11.6 Å². The van der Waals surface area contributed by atoms with Gasteiger partial charge in [-0.15, -0.1) is 0 Å². The summed E-state index contributed by atoms with van der Waals surface area (Å²) in [4.78, 5) is 55.1. The van der Waals surface area contributed by atoms with Crippen molar-refractivity contribution in [2.75, 3.05) is 38.6 Å². The molecule has 2 aromatic carbocycles. The second-order valence-corrected chi connectivity index (χ2v) is 9.63. The Bertz CT molecular complexity index is 1500. The van der Waals surface area contributed by atoms with Crippen LogP contribution in [0.2, 0.25) is 0 Å². The number of aliphatic hydroxyl groups excluding tert-OH is 1. The van der Waals surface area contributed by atoms with Crippen LogP contribution in [0.4, 0.5) is 14.5 Å². The molecule has 248 valence electrons. The van der Waals surface area contributed by atoms with Crippen LogP contribution in [0.25, 0.3) is 10.9 Å². The Kier molecular flexibility index (Phi) is 14.4. The summed E-state index contributed by atoms with van der Waals surface area (Å²) in [5.41, 5.74) is 1.44. The summed E-state index contributed by atoms with van der Waals surface area (Å²) < 4.78 is 32.3. The number of hydrogen-bond acceptors (Lipinski definition) is 10. The molecule has 1 atom stereocenters. The third kappa shape index (κ3) is 11.7. The average molecular weight is 651 g/mol. The molecule has 1 amide bonds. The number of rotatable bonds is 8. The fraction of sp³-hybridized carbons (Fsp3) is 0.310. The molecule has 15 nitrogen and oxygen atoms in total. The van der Waals surface area contributed by atoms with Crippen LogP contribution in [-0.2, 0) is 24.0 Å². The second kappa shape index (κ2) is 17.9. The van der Waals surface area contributed by atoms with Gasteiger partial charge in [-0.05, 0) is 67.9 Å². The van der Waals surface area contributed by atoms with Crippen molar-refractivity contribution in [3.05, 3.63) is 65.9 Å². The fourth-order valence-electron chi connectivity index (χ4n) is 4.26. The Morgan fingerprint density at radius 2 is 1.57 bits per heavy atom. The molecular formula is C29H32F2N4O11. The maximum absolute atomic E-state index is 13.7. The highest BCUT2D eigenvalue weighted by molar-refractivity contribution is 6.27. The number of nitrogens with one attached hydrogen (secondary N) is 2. The number of benzene rings is 2. The third-order valence-corrected chi connectivity index (χ3v) is 6.50. The molecule has 0 spiro atoms. The molecule has 1 aliphatic heterocycles. The van der Waals surface area contributed by atoms with E-state index in [4.69, 9.17) is 44.3 Å². The molecule has 1 aromatic heterocycles. The van der Waals surface area contributed by atoms with E-state index in [1.54, 1.807) is 13.3 Å². The largest absolute Gasteiger partial charge is 0.497 e. The molecule has 0 unspecified atom stereocenters. The number of carboxylic acids is 4. The van der Waals surface area contributed by atoms with E-state index < -0.39 is 47.5 Å². The van der Waals surface area contributed by atoms with Crippen LogP contribution >= 0.6 is 0 Å². The first-order chi connectivity index (χ1) is 21.7. The van der Waals surface area contributed by atoms with Gasteiger partial charge >= 0.3 is 23.9 Å². The lowest BCUT2D eigenvalue weighted by atomic mass is 10.0. The summed E-state index contributed by atoms with van der Waals surface area (Å²) in [6, 6.07) is 11.2. The van der Waals surface area contributed by atoms with Crippen molar-refractivity contribution in [2.24, 2.45) is 0 Å². The fourth-order valence-corrected chi connectivity index (χ4v) is 4.26. The van der Waals surface area contributed by atoms with Gasteiger partial charge in [0.2, 0.25) is 5.91 Å². The molecule has 4 rings (SSSR count). The number of likely N-dealkylation sites (tertiary alicyclic amines) is 1. The van der Waals surface area contributed by atoms with E-state index in [2.05, 4.69) is 20.5 Å². The standard InChI is InChI=1S/C25H28F2N4O3.2C2H2O4/c1-34-17-5-6-21-19(13-17)18(7-10-28-21)23(32)15-31-11-8-16(9-12-31)29-14-24(33)30-22-4-2-3-20(26)25(22)27;2*3-1(4)2(5)6/h2-7,10,13,16,23,29,32H,8-9,11-12,14-15H2,1H3,(H,30,33);2*(H,3,4)(H,5,6)/t23-;;/m0../s1. The van der Waals surface area contributed by atoms with E-state index in [-0.39, 0.29) is 18.3 Å². The van der Waals surface area contributed by atoms with Gasteiger partial charge in [0.1, 0.15) is 5.75 Å². The van der Waals surface area contributed by atoms with E-state index >= 15 is 0 Å². The second-order valence-electron chi connectivity index (χ2n) is 9.63. The van der Waals surface area contributed by atoms with Crippen molar-refractivity contribution < 1.29 is 63.0 Å². The summed E-state index contributed by atoms with van der Waals surface area (Å²) in [6.45, 7) is 2.03. The van der Waals surface area contributed by atoms with Gasteiger partial charge in [0, 0.05) is 24.2 Å². The zero-order valence-electron chi connectivity index (χ0n) is 24.4. The number of anilines is 1. The Morgan fingerprint density at radius 3 is 2.13 bits per heavy atom. The number of carbonyl (C=O) groups is 5. The van der Waals surface area contributed by atoms with Gasteiger partial charge in [0.15, 0.2) is 11.6 Å². The number of ether oxygens (including phenoxy) is 1. The molecule has 1 saturated heterocycles. The van der Waals surface area contributed by atoms with Gasteiger partial charge < -0.3 is 45.8 Å². The van der Waals surface area contributed by atoms with E-state index in [1.165, 1.54) is 12.1 Å². The van der Waals surface area contributed by atoms with Gasteiger partial charge in [0.25, 0.3) is 0 Å². The minimum atomic E-state index is -1.82. The van der Waals surface area contributed by atoms with Gasteiger partial charge in [-0.3, -0.25) is 9.78 Å². The molecule has 0 radical (unpaired) electrons. The zero-order valence-corrected chi connectivity index (χ0v) is 24.4. The molecule has 46 heavy (non-hydrogen) atoms. The topological polar surface area (TPSA) is 236 Å². The summed E-state index contributed by atoms with van der Waals surface area (Å²) >= 11 is 0. The first-order valence-corrected chi connectivity index (χ1v) is 13.5. The molecule has 1 aliphatic rings. The SMILES string of the molecule is COc1ccc2nccc([C@@H](O)CN3CCC(NCC(=O)Nc4cccc(F)c4F)CC3)c2c1.O=C(O)C(=O)O.O=C(O)C(=O)O. The predicted molar refractivity (Wildman–Crippen MR) is 156 cm³/mol. The molecule has 17 heteroatoms. The van der Waals surface area contributed by atoms with E-state index in [9.17, 15) is 18.7 Å². The minimum Gasteiger partial charge on any atom is -0.497 e. The Balaban J connectivity index is 0.000000522. The lowest BCUT2D eigenvalue weighted by Gasteiger charge is -2.33. The molecule has 0 saturated carbocycles. The van der Waals surface area contributed by atoms with Gasteiger partial charge in [-0.25, -0.2) is 28.0 Å². The quantitative estimate of drug-likeness (QED) is 0.171. The van der Waals surface area contributed by atoms with Crippen molar-refractivity contribution in [1.82, 2.24) is 15.2 Å². The number of aliphatic carboxylic acids is 4. The number of nitrogens with zero attached hydrogens (tertiary/aromatic N) is 2. The number of amides is 1. The van der Waals surface area contributed by atoms with Crippen molar-refractivity contribution in [3.63, 3.8) is 0 Å². The number of carbonyl (C=O) groups excluding carboxylic acids is 1. The monoisotopic (exact) mass is 650 g/mol. The van der Waals surface area contributed by atoms with Crippen LogP contribution in [0.1, 0.15) is 24.5 Å². The first-order valence-electron chi connectivity index (χ1n) is 13.5. The van der Waals surface area contributed by atoms with Crippen LogP contribution in [0.5, 0.6) is 5.75 Å². The number of hydrogen-bond donors (Lipinski definition) is 7. The highest BCUT2D eigenvalue weighted by Crippen LogP contribution is 2.27. The highest BCUT2D eigenvalue weighted by atomic mass is 19.2. The number of β-amino-alcohol motifs (C(OH)–C–C–N with tert-alkyl or cyclic N) is 1. The molecule has 3 aromatic rings. The lowest BCUT2D eigenvalue weighted by molar-refractivity contribution is -0.159. The van der Waals surface area contributed by atoms with Crippen LogP contribution in [0.3, 0.4) is 0 Å². The smallest absolute Gasteiger partial charge is 0.414 e. The van der Waals surface area contributed by atoms with Gasteiger partial charge in [-0.2, -0.15) is 0 Å². The van der Waals surface area contributed by atoms with Gasteiger partial charge in [-0.1, -0.05) is 6.07 Å². The molecule has 0 aliphatic carbocycles. The summed E-state index contributed by atoms with van der Waals surface area (Å²) in [6.07, 6.45) is 2.64. The number of aromatic nitrogens is 1. The molecule has 2 heterocycles. The van der Waals surface area contributed by atoms with Gasteiger partial charge in [0.05, 0.1) is 31.0 Å². The number of fused-ring (bicyclic) bond motifs is 1. The summed E-state index contributed by atoms with van der Waals surface area (Å²) in [7, 11) is 1.61. The van der Waals surface area contributed by atoms with Crippen molar-refractivity contribution >= 4 is 46.4 Å². The number of piperidine rings is 1. The number of carboxylic acid groups (broad SMARTS) is 4. The minimum absolute atomic E-state index is 0.00802. The number of aliphatic hydroxyl groups is 1. The van der Waals surface area contributed by atoms with Crippen molar-refractivity contribution in [2.45, 2.75) is 25.0 Å². The number of halogens is 2. The van der Waals surface area contributed by atoms with Crippen LogP contribution < -0.4 is 15.4 Å². The molecular weight excluding hydrogens is 618 g/mol. The Hall–Kier alpha value is -5.26. The van der Waals surface area contributed by atoms with E-state index in [0.717, 1.165) is 48.5 Å². The first kappa shape index (κ1) is 36.9. The van der Waals surface area contributed by atoms with Crippen LogP contribution in [-0.4, -0.2) is 105 Å². The van der Waals surface area contributed by atoms with Crippen LogP contribution in [0.15, 0.2) is 48.7 Å². The maximum Gasteiger partial charge on any atom is 0.414 e. The molecule has 0 bridgehead atoms. The molecule has 7 N–H and O–H groups in total. The van der Waals surface area contributed by atoms with E-state index in [1.807, 2.05) is 24.3 Å². The average Bonchev–Trinajstić information content (AvgIpc) is 3.02. The number of methoxy groups -OCH3 is 1. The van der Waals surface area contributed by atoms with Crippen molar-refractivity contribution in [1.29, 1.82) is 0 Å². The molecule has 1 fully saturated rings. The van der Waals surface area contributed by atoms with Crippen molar-refractivity contribution in [3.8, 4) is 5.75 Å².